The lowest BCUT2D eigenvalue weighted by Gasteiger charge is -2.31. The Kier molecular flexibility index (Phi) is 12.0. The van der Waals surface area contributed by atoms with Crippen molar-refractivity contribution in [1.29, 1.82) is 0 Å². The largest absolute Gasteiger partial charge is 0.357 e. The van der Waals surface area contributed by atoms with Gasteiger partial charge >= 0.3 is 0 Å². The van der Waals surface area contributed by atoms with Crippen LogP contribution < -0.4 is 10.6 Å². The van der Waals surface area contributed by atoms with Crippen LogP contribution in [0, 0.1) is 19.8 Å². The third kappa shape index (κ3) is 8.81. The summed E-state index contributed by atoms with van der Waals surface area (Å²) in [6.45, 7) is 15.9. The van der Waals surface area contributed by atoms with Gasteiger partial charge in [-0.15, -0.1) is 24.0 Å². The zero-order valence-corrected chi connectivity index (χ0v) is 20.0. The van der Waals surface area contributed by atoms with Crippen LogP contribution in [-0.2, 0) is 6.54 Å². The minimum absolute atomic E-state index is 0. The molecule has 1 fully saturated rings. The number of piperidine rings is 1. The number of aryl methyl sites for hydroxylation is 3. The van der Waals surface area contributed by atoms with Gasteiger partial charge in [0.25, 0.3) is 0 Å². The summed E-state index contributed by atoms with van der Waals surface area (Å²) in [7, 11) is 0. The van der Waals surface area contributed by atoms with E-state index < -0.39 is 0 Å². The molecule has 0 amide bonds. The minimum atomic E-state index is 0. The number of guanidine groups is 1. The number of likely N-dealkylation sites (tertiary alicyclic amines) is 1. The Hall–Kier alpha value is -0.830. The number of nitrogens with zero attached hydrogens (tertiary/aromatic N) is 4. The summed E-state index contributed by atoms with van der Waals surface area (Å²) in [5.41, 5.74) is 2.32. The molecule has 0 unspecified atom stereocenters. The van der Waals surface area contributed by atoms with Crippen LogP contribution in [0.25, 0.3) is 0 Å². The summed E-state index contributed by atoms with van der Waals surface area (Å²) in [4.78, 5) is 7.27. The number of halogens is 1. The molecule has 2 rings (SSSR count). The molecule has 2 N–H and O–H groups in total. The van der Waals surface area contributed by atoms with Crippen molar-refractivity contribution in [3.63, 3.8) is 0 Å². The Morgan fingerprint density at radius 2 is 1.96 bits per heavy atom. The van der Waals surface area contributed by atoms with Gasteiger partial charge in [0.05, 0.1) is 5.69 Å². The minimum Gasteiger partial charge on any atom is -0.357 e. The maximum Gasteiger partial charge on any atom is 0.191 e. The highest BCUT2D eigenvalue weighted by Gasteiger charge is 2.17. The molecule has 2 heterocycles. The van der Waals surface area contributed by atoms with Gasteiger partial charge in [-0.1, -0.05) is 6.92 Å². The molecule has 1 aliphatic rings. The van der Waals surface area contributed by atoms with E-state index in [4.69, 9.17) is 4.99 Å². The van der Waals surface area contributed by atoms with E-state index in [0.29, 0.717) is 0 Å². The van der Waals surface area contributed by atoms with Crippen LogP contribution in [0.2, 0.25) is 0 Å². The second kappa shape index (κ2) is 13.4. The van der Waals surface area contributed by atoms with Crippen LogP contribution in [-0.4, -0.2) is 59.9 Å². The highest BCUT2D eigenvalue weighted by molar-refractivity contribution is 14.0. The first-order valence-corrected chi connectivity index (χ1v) is 10.4. The molecule has 0 aliphatic carbocycles. The van der Waals surface area contributed by atoms with Gasteiger partial charge in [0, 0.05) is 31.9 Å². The summed E-state index contributed by atoms with van der Waals surface area (Å²) in [6, 6.07) is 2.12. The molecule has 1 aromatic rings. The van der Waals surface area contributed by atoms with Gasteiger partial charge in [-0.2, -0.15) is 5.10 Å². The quantitative estimate of drug-likeness (QED) is 0.242. The zero-order valence-electron chi connectivity index (χ0n) is 17.6. The zero-order chi connectivity index (χ0) is 18.8. The third-order valence-corrected chi connectivity index (χ3v) is 5.24. The SMILES string of the molecule is CCNC(=NCCCn1nc(C)cc1C)NCCC1CCN(CC)CC1.I. The molecular formula is C20H39IN6. The second-order valence-electron chi connectivity index (χ2n) is 7.36. The Balaban J connectivity index is 0.00000364. The van der Waals surface area contributed by atoms with Gasteiger partial charge in [0.1, 0.15) is 0 Å². The van der Waals surface area contributed by atoms with Gasteiger partial charge in [-0.05, 0) is 78.1 Å². The first-order chi connectivity index (χ1) is 12.6. The fourth-order valence-electron chi connectivity index (χ4n) is 3.64. The Morgan fingerprint density at radius 1 is 1.22 bits per heavy atom. The van der Waals surface area contributed by atoms with Gasteiger partial charge in [0.2, 0.25) is 0 Å². The molecule has 0 aromatic carbocycles. The normalized spacial score (nSPS) is 16.2. The molecule has 6 nitrogen and oxygen atoms in total. The highest BCUT2D eigenvalue weighted by Crippen LogP contribution is 2.19. The standard InChI is InChI=1S/C20H38N6.HI/c1-5-21-20(22-11-7-13-26-18(4)16-17(3)24-26)23-12-8-19-9-14-25(6-2)15-10-19;/h16,19H,5-15H2,1-4H3,(H2,21,22,23);1H. The van der Waals surface area contributed by atoms with E-state index in [1.165, 1.54) is 44.6 Å². The Morgan fingerprint density at radius 3 is 2.56 bits per heavy atom. The molecule has 1 aliphatic heterocycles. The van der Waals surface area contributed by atoms with Crippen molar-refractivity contribution in [1.82, 2.24) is 25.3 Å². The van der Waals surface area contributed by atoms with Crippen molar-refractivity contribution in [2.75, 3.05) is 39.3 Å². The van der Waals surface area contributed by atoms with Crippen LogP contribution in [0.1, 0.15) is 50.9 Å². The summed E-state index contributed by atoms with van der Waals surface area (Å²) >= 11 is 0. The van der Waals surface area contributed by atoms with E-state index in [1.807, 2.05) is 6.92 Å². The fraction of sp³-hybridized carbons (Fsp3) is 0.800. The average Bonchev–Trinajstić information content (AvgIpc) is 2.96. The first kappa shape index (κ1) is 24.2. The molecule has 156 valence electrons. The smallest absolute Gasteiger partial charge is 0.191 e. The van der Waals surface area contributed by atoms with Crippen LogP contribution in [0.4, 0.5) is 0 Å². The van der Waals surface area contributed by atoms with Crippen molar-refractivity contribution in [3.05, 3.63) is 17.5 Å². The molecule has 0 radical (unpaired) electrons. The van der Waals surface area contributed by atoms with Crippen LogP contribution >= 0.6 is 24.0 Å². The van der Waals surface area contributed by atoms with Crippen molar-refractivity contribution < 1.29 is 0 Å². The van der Waals surface area contributed by atoms with Crippen molar-refractivity contribution in [2.24, 2.45) is 10.9 Å². The van der Waals surface area contributed by atoms with E-state index in [1.54, 1.807) is 0 Å². The van der Waals surface area contributed by atoms with Gasteiger partial charge in [-0.25, -0.2) is 0 Å². The van der Waals surface area contributed by atoms with Gasteiger partial charge in [0.15, 0.2) is 5.96 Å². The van der Waals surface area contributed by atoms with E-state index in [-0.39, 0.29) is 24.0 Å². The molecule has 0 bridgehead atoms. The van der Waals surface area contributed by atoms with Crippen LogP contribution in [0.15, 0.2) is 11.1 Å². The summed E-state index contributed by atoms with van der Waals surface area (Å²) < 4.78 is 2.08. The van der Waals surface area contributed by atoms with Crippen LogP contribution in [0.3, 0.4) is 0 Å². The topological polar surface area (TPSA) is 57.5 Å². The second-order valence-corrected chi connectivity index (χ2v) is 7.36. The highest BCUT2D eigenvalue weighted by atomic mass is 127. The summed E-state index contributed by atoms with van der Waals surface area (Å²) in [5.74, 6) is 1.81. The van der Waals surface area contributed by atoms with E-state index >= 15 is 0 Å². The molecule has 0 spiro atoms. The maximum atomic E-state index is 4.72. The summed E-state index contributed by atoms with van der Waals surface area (Å²) in [5, 5.41) is 11.4. The van der Waals surface area contributed by atoms with E-state index in [0.717, 1.165) is 50.2 Å². The van der Waals surface area contributed by atoms with Gasteiger partial charge in [-0.3, -0.25) is 9.67 Å². The van der Waals surface area contributed by atoms with Crippen molar-refractivity contribution in [2.45, 2.75) is 59.9 Å². The average molecular weight is 490 g/mol. The van der Waals surface area contributed by atoms with Crippen LogP contribution in [0.5, 0.6) is 0 Å². The number of hydrogen-bond donors (Lipinski definition) is 2. The molecule has 0 atom stereocenters. The predicted molar refractivity (Wildman–Crippen MR) is 125 cm³/mol. The molecule has 27 heavy (non-hydrogen) atoms. The van der Waals surface area contributed by atoms with E-state index in [2.05, 4.69) is 52.2 Å². The third-order valence-electron chi connectivity index (χ3n) is 5.24. The fourth-order valence-corrected chi connectivity index (χ4v) is 3.64. The molecule has 1 saturated heterocycles. The molecule has 0 saturated carbocycles. The maximum absolute atomic E-state index is 4.72. The van der Waals surface area contributed by atoms with Crippen molar-refractivity contribution >= 4 is 29.9 Å². The summed E-state index contributed by atoms with van der Waals surface area (Å²) in [6.07, 6.45) is 4.93. The van der Waals surface area contributed by atoms with Gasteiger partial charge < -0.3 is 15.5 Å². The Bertz CT molecular complexity index is 549. The number of nitrogens with one attached hydrogen (secondary N) is 2. The molecule has 7 heteroatoms. The number of hydrogen-bond acceptors (Lipinski definition) is 3. The first-order valence-electron chi connectivity index (χ1n) is 10.4. The predicted octanol–water partition coefficient (Wildman–Crippen LogP) is 3.19. The van der Waals surface area contributed by atoms with Crippen molar-refractivity contribution in [3.8, 4) is 0 Å². The lowest BCUT2D eigenvalue weighted by molar-refractivity contribution is 0.187. The lowest BCUT2D eigenvalue weighted by atomic mass is 9.93. The number of aliphatic imine (C=N–C) groups is 1. The molecule has 1 aromatic heterocycles. The monoisotopic (exact) mass is 490 g/mol. The molecular weight excluding hydrogens is 451 g/mol. The lowest BCUT2D eigenvalue weighted by Crippen LogP contribution is -2.39. The number of rotatable bonds is 9. The Labute approximate surface area is 182 Å². The van der Waals surface area contributed by atoms with E-state index in [9.17, 15) is 0 Å². The number of aromatic nitrogens is 2.